The van der Waals surface area contributed by atoms with Crippen LogP contribution >= 0.6 is 0 Å². The van der Waals surface area contributed by atoms with Crippen LogP contribution in [0.25, 0.3) is 0 Å². The highest BCUT2D eigenvalue weighted by Gasteiger charge is 2.60. The van der Waals surface area contributed by atoms with Gasteiger partial charge in [-0.05, 0) is 24.8 Å². The maximum atomic E-state index is 6.02. The van der Waals surface area contributed by atoms with Crippen LogP contribution in [0.3, 0.4) is 0 Å². The van der Waals surface area contributed by atoms with Crippen molar-refractivity contribution >= 4 is 0 Å². The molecule has 0 N–H and O–H groups in total. The number of ether oxygens (including phenoxy) is 1. The van der Waals surface area contributed by atoms with Gasteiger partial charge in [0.1, 0.15) is 11.7 Å². The van der Waals surface area contributed by atoms with Gasteiger partial charge in [-0.1, -0.05) is 30.3 Å². The fourth-order valence-electron chi connectivity index (χ4n) is 3.13. The molecule has 2 unspecified atom stereocenters. The van der Waals surface area contributed by atoms with Crippen LogP contribution in [0, 0.1) is 0 Å². The molecular formula is C14H17NO. The van der Waals surface area contributed by atoms with Crippen molar-refractivity contribution < 1.29 is 4.74 Å². The van der Waals surface area contributed by atoms with Gasteiger partial charge in [0.2, 0.25) is 0 Å². The molecule has 3 aliphatic rings. The molecule has 2 aliphatic heterocycles. The molecule has 1 aromatic carbocycles. The monoisotopic (exact) mass is 215 g/mol. The molecule has 0 bridgehead atoms. The van der Waals surface area contributed by atoms with E-state index in [1.165, 1.54) is 31.4 Å². The van der Waals surface area contributed by atoms with E-state index in [9.17, 15) is 0 Å². The Morgan fingerprint density at radius 3 is 2.69 bits per heavy atom. The summed E-state index contributed by atoms with van der Waals surface area (Å²) in [6, 6.07) is 11.6. The number of fused-ring (bicyclic) bond motifs is 1. The minimum Gasteiger partial charge on any atom is -0.360 e. The predicted octanol–water partition coefficient (Wildman–Crippen LogP) is 2.15. The molecule has 16 heavy (non-hydrogen) atoms. The van der Waals surface area contributed by atoms with Gasteiger partial charge in [0.25, 0.3) is 0 Å². The summed E-state index contributed by atoms with van der Waals surface area (Å²) >= 11 is 0. The molecule has 0 radical (unpaired) electrons. The molecule has 84 valence electrons. The third-order valence-corrected chi connectivity index (χ3v) is 4.31. The number of hydrogen-bond acceptors (Lipinski definition) is 2. The van der Waals surface area contributed by atoms with Crippen LogP contribution in [0.15, 0.2) is 30.3 Å². The molecule has 0 spiro atoms. The van der Waals surface area contributed by atoms with Gasteiger partial charge in [-0.3, -0.25) is 4.90 Å². The van der Waals surface area contributed by atoms with E-state index in [4.69, 9.17) is 4.74 Å². The highest BCUT2D eigenvalue weighted by molar-refractivity contribution is 5.30. The smallest absolute Gasteiger partial charge is 0.122 e. The summed E-state index contributed by atoms with van der Waals surface area (Å²) in [7, 11) is 0. The number of hydrogen-bond donors (Lipinski definition) is 0. The lowest BCUT2D eigenvalue weighted by Gasteiger charge is -2.28. The molecule has 1 aliphatic carbocycles. The Balaban J connectivity index is 1.55. The van der Waals surface area contributed by atoms with Crippen molar-refractivity contribution in [2.24, 2.45) is 0 Å². The maximum Gasteiger partial charge on any atom is 0.122 e. The number of piperidine rings is 1. The average Bonchev–Trinajstić information content (AvgIpc) is 3.22. The van der Waals surface area contributed by atoms with Crippen molar-refractivity contribution in [3.8, 4) is 0 Å². The summed E-state index contributed by atoms with van der Waals surface area (Å²) in [5, 5.41) is 0. The Morgan fingerprint density at radius 1 is 1.19 bits per heavy atom. The fourth-order valence-corrected chi connectivity index (χ4v) is 3.13. The zero-order valence-electron chi connectivity index (χ0n) is 9.43. The molecule has 2 nitrogen and oxygen atoms in total. The van der Waals surface area contributed by atoms with Crippen LogP contribution < -0.4 is 0 Å². The summed E-state index contributed by atoms with van der Waals surface area (Å²) in [6.45, 7) is 2.37. The molecule has 0 amide bonds. The Kier molecular flexibility index (Phi) is 1.77. The van der Waals surface area contributed by atoms with Crippen LogP contribution in [-0.4, -0.2) is 30.1 Å². The predicted molar refractivity (Wildman–Crippen MR) is 62.2 cm³/mol. The molecular weight excluding hydrogens is 198 g/mol. The first-order valence-corrected chi connectivity index (χ1v) is 6.36. The van der Waals surface area contributed by atoms with Gasteiger partial charge in [-0.15, -0.1) is 0 Å². The van der Waals surface area contributed by atoms with E-state index in [-0.39, 0.29) is 5.60 Å². The molecule has 2 heteroatoms. The molecule has 1 saturated carbocycles. The van der Waals surface area contributed by atoms with Gasteiger partial charge in [0.15, 0.2) is 0 Å². The van der Waals surface area contributed by atoms with Gasteiger partial charge in [0, 0.05) is 19.1 Å². The van der Waals surface area contributed by atoms with Crippen LogP contribution in [0.1, 0.15) is 24.8 Å². The zero-order chi connectivity index (χ0) is 10.6. The lowest BCUT2D eigenvalue weighted by Crippen LogP contribution is -2.39. The van der Waals surface area contributed by atoms with Crippen LogP contribution in [0.5, 0.6) is 0 Å². The van der Waals surface area contributed by atoms with Gasteiger partial charge >= 0.3 is 0 Å². The van der Waals surface area contributed by atoms with Gasteiger partial charge in [-0.2, -0.15) is 0 Å². The molecule has 2 heterocycles. The Bertz CT molecular complexity index is 400. The van der Waals surface area contributed by atoms with E-state index in [1.807, 2.05) is 0 Å². The van der Waals surface area contributed by atoms with Crippen LogP contribution in [0.4, 0.5) is 0 Å². The second-order valence-electron chi connectivity index (χ2n) is 5.34. The maximum absolute atomic E-state index is 6.02. The van der Waals surface area contributed by atoms with Crippen molar-refractivity contribution in [1.82, 2.24) is 4.90 Å². The SMILES string of the molecule is c1ccc(C23CCN(C4CC4)CC2O3)cc1. The van der Waals surface area contributed by atoms with Gasteiger partial charge < -0.3 is 4.74 Å². The molecule has 0 aromatic heterocycles. The first-order chi connectivity index (χ1) is 7.88. The first kappa shape index (κ1) is 9.20. The minimum absolute atomic E-state index is 0.0899. The van der Waals surface area contributed by atoms with E-state index < -0.39 is 0 Å². The lowest BCUT2D eigenvalue weighted by atomic mass is 9.89. The highest BCUT2D eigenvalue weighted by Crippen LogP contribution is 2.52. The van der Waals surface area contributed by atoms with E-state index in [0.717, 1.165) is 12.6 Å². The normalized spacial score (nSPS) is 38.1. The quantitative estimate of drug-likeness (QED) is 0.703. The van der Waals surface area contributed by atoms with E-state index in [0.29, 0.717) is 6.10 Å². The molecule has 2 atom stereocenters. The number of benzene rings is 1. The van der Waals surface area contributed by atoms with E-state index in [2.05, 4.69) is 35.2 Å². The fraction of sp³-hybridized carbons (Fsp3) is 0.571. The second kappa shape index (κ2) is 3.08. The number of rotatable bonds is 2. The van der Waals surface area contributed by atoms with Gasteiger partial charge in [-0.25, -0.2) is 0 Å². The topological polar surface area (TPSA) is 15.8 Å². The van der Waals surface area contributed by atoms with Crippen molar-refractivity contribution in [2.45, 2.75) is 37.0 Å². The van der Waals surface area contributed by atoms with Crippen molar-refractivity contribution in [3.63, 3.8) is 0 Å². The average molecular weight is 215 g/mol. The zero-order valence-corrected chi connectivity index (χ0v) is 9.43. The molecule has 1 aromatic rings. The number of nitrogens with zero attached hydrogens (tertiary/aromatic N) is 1. The Hall–Kier alpha value is -0.860. The molecule has 4 rings (SSSR count). The summed E-state index contributed by atoms with van der Waals surface area (Å²) in [4.78, 5) is 2.62. The standard InChI is InChI=1S/C14H17NO/c1-2-4-11(5-3-1)14-8-9-15(12-6-7-12)10-13(14)16-14/h1-5,12-13H,6-10H2. The molecule has 3 fully saturated rings. The summed E-state index contributed by atoms with van der Waals surface area (Å²) < 4.78 is 6.02. The number of likely N-dealkylation sites (tertiary alicyclic amines) is 1. The minimum atomic E-state index is 0.0899. The summed E-state index contributed by atoms with van der Waals surface area (Å²) in [5.41, 5.74) is 1.47. The largest absolute Gasteiger partial charge is 0.360 e. The van der Waals surface area contributed by atoms with Crippen molar-refractivity contribution in [3.05, 3.63) is 35.9 Å². The third-order valence-electron chi connectivity index (χ3n) is 4.31. The van der Waals surface area contributed by atoms with Crippen molar-refractivity contribution in [2.75, 3.05) is 13.1 Å². The van der Waals surface area contributed by atoms with E-state index in [1.54, 1.807) is 0 Å². The molecule has 2 saturated heterocycles. The van der Waals surface area contributed by atoms with Crippen molar-refractivity contribution in [1.29, 1.82) is 0 Å². The van der Waals surface area contributed by atoms with Crippen LogP contribution in [-0.2, 0) is 10.3 Å². The lowest BCUT2D eigenvalue weighted by molar-refractivity contribution is 0.216. The summed E-state index contributed by atoms with van der Waals surface area (Å²) in [5.74, 6) is 0. The highest BCUT2D eigenvalue weighted by atomic mass is 16.6. The Morgan fingerprint density at radius 2 is 2.00 bits per heavy atom. The van der Waals surface area contributed by atoms with Gasteiger partial charge in [0.05, 0.1) is 0 Å². The Labute approximate surface area is 96.2 Å². The third kappa shape index (κ3) is 1.26. The first-order valence-electron chi connectivity index (χ1n) is 6.36. The number of epoxide rings is 1. The summed E-state index contributed by atoms with van der Waals surface area (Å²) in [6.07, 6.45) is 4.46. The van der Waals surface area contributed by atoms with Crippen LogP contribution in [0.2, 0.25) is 0 Å². The van der Waals surface area contributed by atoms with E-state index >= 15 is 0 Å². The second-order valence-corrected chi connectivity index (χ2v) is 5.34.